The Balaban J connectivity index is 1.90. The van der Waals surface area contributed by atoms with Crippen LogP contribution in [0.2, 0.25) is 0 Å². The van der Waals surface area contributed by atoms with Gasteiger partial charge in [-0.3, -0.25) is 0 Å². The molecule has 0 bridgehead atoms. The van der Waals surface area contributed by atoms with Gasteiger partial charge in [0.05, 0.1) is 30.1 Å². The molecule has 0 fully saturated rings. The zero-order chi connectivity index (χ0) is 17.4. The van der Waals surface area contributed by atoms with Crippen LogP contribution in [0.15, 0.2) is 23.2 Å². The molecule has 2 heterocycles. The van der Waals surface area contributed by atoms with Crippen molar-refractivity contribution in [3.8, 4) is 5.88 Å². The molecule has 0 atom stereocenters. The molecule has 7 heteroatoms. The summed E-state index contributed by atoms with van der Waals surface area (Å²) in [6.07, 6.45) is 0.890. The van der Waals surface area contributed by atoms with E-state index in [9.17, 15) is 0 Å². The molecule has 0 aliphatic carbocycles. The van der Waals surface area contributed by atoms with Crippen LogP contribution in [-0.2, 0) is 13.0 Å². The minimum Gasteiger partial charge on any atom is -0.481 e. The van der Waals surface area contributed by atoms with E-state index in [1.807, 2.05) is 18.2 Å². The average Bonchev–Trinajstić information content (AvgIpc) is 2.91. The fourth-order valence-corrected chi connectivity index (χ4v) is 3.03. The molecule has 0 aliphatic heterocycles. The number of ether oxygens (including phenoxy) is 1. The number of hydrogen-bond acceptors (Lipinski definition) is 5. The van der Waals surface area contributed by atoms with Crippen LogP contribution in [0, 0.1) is 13.8 Å². The van der Waals surface area contributed by atoms with Crippen molar-refractivity contribution in [2.75, 3.05) is 20.2 Å². The zero-order valence-corrected chi connectivity index (χ0v) is 15.5. The van der Waals surface area contributed by atoms with Crippen LogP contribution < -0.4 is 15.4 Å². The van der Waals surface area contributed by atoms with Crippen molar-refractivity contribution in [2.45, 2.75) is 33.7 Å². The Morgan fingerprint density at radius 3 is 2.75 bits per heavy atom. The highest BCUT2D eigenvalue weighted by Crippen LogP contribution is 2.16. The van der Waals surface area contributed by atoms with Gasteiger partial charge in [0.25, 0.3) is 0 Å². The summed E-state index contributed by atoms with van der Waals surface area (Å²) >= 11 is 1.76. The third kappa shape index (κ3) is 5.49. The van der Waals surface area contributed by atoms with Crippen LogP contribution in [-0.4, -0.2) is 36.1 Å². The van der Waals surface area contributed by atoms with Crippen molar-refractivity contribution in [3.05, 3.63) is 39.5 Å². The topological polar surface area (TPSA) is 71.4 Å². The molecule has 0 saturated carbocycles. The number of guanidine groups is 1. The summed E-state index contributed by atoms with van der Waals surface area (Å²) < 4.78 is 5.14. The van der Waals surface area contributed by atoms with Crippen LogP contribution in [0.5, 0.6) is 5.88 Å². The van der Waals surface area contributed by atoms with Crippen molar-refractivity contribution >= 4 is 17.3 Å². The van der Waals surface area contributed by atoms with Crippen molar-refractivity contribution in [1.82, 2.24) is 20.6 Å². The predicted molar refractivity (Wildman–Crippen MR) is 98.9 cm³/mol. The van der Waals surface area contributed by atoms with Crippen LogP contribution in [0.25, 0.3) is 0 Å². The number of aliphatic imine (C=N–C) groups is 1. The second-order valence-corrected chi connectivity index (χ2v) is 6.58. The highest BCUT2D eigenvalue weighted by atomic mass is 32.1. The van der Waals surface area contributed by atoms with Gasteiger partial charge in [-0.15, -0.1) is 11.3 Å². The second-order valence-electron chi connectivity index (χ2n) is 5.29. The number of nitrogens with one attached hydrogen (secondary N) is 2. The van der Waals surface area contributed by atoms with Gasteiger partial charge in [0.2, 0.25) is 5.88 Å². The number of nitrogens with zero attached hydrogens (tertiary/aromatic N) is 3. The highest BCUT2D eigenvalue weighted by Gasteiger charge is 2.04. The number of aromatic nitrogens is 2. The van der Waals surface area contributed by atoms with E-state index in [-0.39, 0.29) is 0 Å². The molecule has 0 amide bonds. The van der Waals surface area contributed by atoms with E-state index in [4.69, 9.17) is 4.74 Å². The Kier molecular flexibility index (Phi) is 6.99. The predicted octanol–water partition coefficient (Wildman–Crippen LogP) is 2.46. The Morgan fingerprint density at radius 1 is 1.25 bits per heavy atom. The van der Waals surface area contributed by atoms with E-state index in [2.05, 4.69) is 46.4 Å². The minimum atomic E-state index is 0.502. The van der Waals surface area contributed by atoms with Gasteiger partial charge >= 0.3 is 0 Å². The summed E-state index contributed by atoms with van der Waals surface area (Å²) in [4.78, 5) is 14.8. The van der Waals surface area contributed by atoms with Gasteiger partial charge in [-0.2, -0.15) is 0 Å². The third-order valence-corrected chi connectivity index (χ3v) is 4.57. The number of hydrogen-bond donors (Lipinski definition) is 2. The van der Waals surface area contributed by atoms with E-state index >= 15 is 0 Å². The Labute approximate surface area is 147 Å². The normalized spacial score (nSPS) is 11.4. The average molecular weight is 347 g/mol. The first-order valence-electron chi connectivity index (χ1n) is 8.07. The number of methoxy groups -OCH3 is 1. The van der Waals surface area contributed by atoms with Gasteiger partial charge in [0, 0.05) is 30.5 Å². The summed E-state index contributed by atoms with van der Waals surface area (Å²) in [5, 5.41) is 7.75. The number of thiazole rings is 1. The molecule has 0 saturated heterocycles. The first-order chi connectivity index (χ1) is 11.6. The molecule has 2 N–H and O–H groups in total. The van der Waals surface area contributed by atoms with E-state index < -0.39 is 0 Å². The van der Waals surface area contributed by atoms with Crippen LogP contribution >= 0.6 is 11.3 Å². The molecule has 2 aromatic heterocycles. The minimum absolute atomic E-state index is 0.502. The van der Waals surface area contributed by atoms with E-state index in [0.29, 0.717) is 12.4 Å². The molecule has 0 spiro atoms. The van der Waals surface area contributed by atoms with E-state index in [1.165, 1.54) is 4.88 Å². The zero-order valence-electron chi connectivity index (χ0n) is 14.7. The fraction of sp³-hybridized carbons (Fsp3) is 0.471. The fourth-order valence-electron chi connectivity index (χ4n) is 2.10. The monoisotopic (exact) mass is 347 g/mol. The van der Waals surface area contributed by atoms with E-state index in [1.54, 1.807) is 18.4 Å². The van der Waals surface area contributed by atoms with Gasteiger partial charge in [-0.25, -0.2) is 15.0 Å². The van der Waals surface area contributed by atoms with Gasteiger partial charge in [-0.1, -0.05) is 6.07 Å². The molecule has 6 nitrogen and oxygen atoms in total. The van der Waals surface area contributed by atoms with Crippen LogP contribution in [0.3, 0.4) is 0 Å². The summed E-state index contributed by atoms with van der Waals surface area (Å²) in [6.45, 7) is 8.32. The third-order valence-electron chi connectivity index (χ3n) is 3.44. The standard InChI is InChI=1S/C17H25N5OS/c1-5-18-17(19-10-9-16-21-12(2)13(3)24-16)20-11-14-7-6-8-15(22-14)23-4/h6-8H,5,9-11H2,1-4H3,(H2,18,19,20). The van der Waals surface area contributed by atoms with Gasteiger partial charge in [0.15, 0.2) is 5.96 Å². The van der Waals surface area contributed by atoms with E-state index in [0.717, 1.165) is 41.9 Å². The first-order valence-corrected chi connectivity index (χ1v) is 8.89. The maximum atomic E-state index is 5.14. The van der Waals surface area contributed by atoms with Crippen molar-refractivity contribution in [3.63, 3.8) is 0 Å². The lowest BCUT2D eigenvalue weighted by Crippen LogP contribution is -2.38. The Bertz CT molecular complexity index is 664. The number of rotatable bonds is 7. The highest BCUT2D eigenvalue weighted by molar-refractivity contribution is 7.11. The maximum Gasteiger partial charge on any atom is 0.213 e. The van der Waals surface area contributed by atoms with Crippen molar-refractivity contribution in [1.29, 1.82) is 0 Å². The molecule has 0 unspecified atom stereocenters. The molecule has 24 heavy (non-hydrogen) atoms. The molecule has 0 aromatic carbocycles. The SMILES string of the molecule is CCNC(=NCc1cccc(OC)n1)NCCc1nc(C)c(C)s1. The van der Waals surface area contributed by atoms with Crippen molar-refractivity contribution in [2.24, 2.45) is 4.99 Å². The molecule has 2 aromatic rings. The Hall–Kier alpha value is -2.15. The summed E-state index contributed by atoms with van der Waals surface area (Å²) in [6, 6.07) is 5.69. The van der Waals surface area contributed by atoms with Gasteiger partial charge in [-0.05, 0) is 26.8 Å². The first kappa shape index (κ1) is 18.2. The largest absolute Gasteiger partial charge is 0.481 e. The van der Waals surface area contributed by atoms with Gasteiger partial charge < -0.3 is 15.4 Å². The molecule has 130 valence electrons. The molecular formula is C17H25N5OS. The van der Waals surface area contributed by atoms with Crippen LogP contribution in [0.1, 0.15) is 28.2 Å². The summed E-state index contributed by atoms with van der Waals surface area (Å²) in [5.74, 6) is 1.39. The molecule has 0 aliphatic rings. The Morgan fingerprint density at radius 2 is 2.08 bits per heavy atom. The number of aryl methyl sites for hydroxylation is 2. The maximum absolute atomic E-state index is 5.14. The quantitative estimate of drug-likeness (QED) is 0.595. The lowest BCUT2D eigenvalue weighted by Gasteiger charge is -2.10. The summed E-state index contributed by atoms with van der Waals surface area (Å²) in [7, 11) is 1.61. The molecule has 2 rings (SSSR count). The second kappa shape index (κ2) is 9.22. The lowest BCUT2D eigenvalue weighted by atomic mass is 10.3. The molecular weight excluding hydrogens is 322 g/mol. The van der Waals surface area contributed by atoms with Crippen molar-refractivity contribution < 1.29 is 4.74 Å². The molecule has 0 radical (unpaired) electrons. The summed E-state index contributed by atoms with van der Waals surface area (Å²) in [5.41, 5.74) is 2.00. The van der Waals surface area contributed by atoms with Gasteiger partial charge in [0.1, 0.15) is 0 Å². The smallest absolute Gasteiger partial charge is 0.213 e. The lowest BCUT2D eigenvalue weighted by molar-refractivity contribution is 0.396. The van der Waals surface area contributed by atoms with Crippen LogP contribution in [0.4, 0.5) is 0 Å². The number of pyridine rings is 1.